The van der Waals surface area contributed by atoms with Crippen molar-refractivity contribution in [3.63, 3.8) is 0 Å². The number of aromatic nitrogens is 3. The number of hydrogen-bond acceptors (Lipinski definition) is 3. The molecule has 3 aromatic rings. The Hall–Kier alpha value is -2.14. The van der Waals surface area contributed by atoms with E-state index in [9.17, 15) is 9.90 Å². The predicted molar refractivity (Wildman–Crippen MR) is 60.1 cm³/mol. The minimum absolute atomic E-state index is 0.0636. The van der Waals surface area contributed by atoms with Crippen molar-refractivity contribution in [1.29, 1.82) is 0 Å². The van der Waals surface area contributed by atoms with Gasteiger partial charge >= 0.3 is 0 Å². The van der Waals surface area contributed by atoms with Gasteiger partial charge in [0.05, 0.1) is 18.3 Å². The number of rotatable bonds is 1. The molecule has 80 valence electrons. The van der Waals surface area contributed by atoms with Crippen molar-refractivity contribution < 1.29 is 5.11 Å². The van der Waals surface area contributed by atoms with Crippen molar-refractivity contribution in [2.24, 2.45) is 0 Å². The molecule has 0 spiro atoms. The van der Waals surface area contributed by atoms with Crippen molar-refractivity contribution >= 4 is 21.8 Å². The molecule has 5 heteroatoms. The average Bonchev–Trinajstić information content (AvgIpc) is 2.72. The first-order chi connectivity index (χ1) is 7.81. The van der Waals surface area contributed by atoms with Crippen LogP contribution in [0.3, 0.4) is 0 Å². The van der Waals surface area contributed by atoms with Crippen LogP contribution in [0.1, 0.15) is 5.56 Å². The van der Waals surface area contributed by atoms with Gasteiger partial charge in [-0.2, -0.15) is 0 Å². The SMILES string of the molecule is O=c1[nH]ccc2c1ncc1[nH]cc(CO)c12. The molecule has 16 heavy (non-hydrogen) atoms. The molecule has 0 aliphatic heterocycles. The number of pyridine rings is 2. The highest BCUT2D eigenvalue weighted by molar-refractivity contribution is 6.05. The molecule has 0 saturated heterocycles. The molecule has 3 rings (SSSR count). The fraction of sp³-hybridized carbons (Fsp3) is 0.0909. The number of nitrogens with one attached hydrogen (secondary N) is 2. The number of aromatic amines is 2. The lowest BCUT2D eigenvalue weighted by molar-refractivity contribution is 0.283. The molecule has 0 aliphatic carbocycles. The van der Waals surface area contributed by atoms with E-state index in [0.29, 0.717) is 5.52 Å². The minimum atomic E-state index is -0.218. The van der Waals surface area contributed by atoms with E-state index < -0.39 is 0 Å². The van der Waals surface area contributed by atoms with Crippen LogP contribution in [0, 0.1) is 0 Å². The maximum absolute atomic E-state index is 11.6. The highest BCUT2D eigenvalue weighted by atomic mass is 16.3. The molecule has 0 aliphatic rings. The lowest BCUT2D eigenvalue weighted by atomic mass is 10.1. The Labute approximate surface area is 89.8 Å². The summed E-state index contributed by atoms with van der Waals surface area (Å²) in [6.45, 7) is -0.0636. The predicted octanol–water partition coefficient (Wildman–Crippen LogP) is 0.897. The van der Waals surface area contributed by atoms with E-state index in [4.69, 9.17) is 0 Å². The molecule has 0 atom stereocenters. The second-order valence-corrected chi connectivity index (χ2v) is 3.59. The zero-order valence-electron chi connectivity index (χ0n) is 8.32. The van der Waals surface area contributed by atoms with E-state index in [1.54, 1.807) is 24.7 Å². The normalized spacial score (nSPS) is 11.3. The molecule has 0 amide bonds. The molecule has 0 radical (unpaired) electrons. The monoisotopic (exact) mass is 215 g/mol. The van der Waals surface area contributed by atoms with Crippen LogP contribution in [0.5, 0.6) is 0 Å². The van der Waals surface area contributed by atoms with E-state index in [1.807, 2.05) is 0 Å². The van der Waals surface area contributed by atoms with Gasteiger partial charge in [0.1, 0.15) is 5.52 Å². The van der Waals surface area contributed by atoms with Crippen LogP contribution in [0.4, 0.5) is 0 Å². The van der Waals surface area contributed by atoms with Crippen molar-refractivity contribution in [2.75, 3.05) is 0 Å². The number of nitrogens with zero attached hydrogens (tertiary/aromatic N) is 1. The summed E-state index contributed by atoms with van der Waals surface area (Å²) in [6.07, 6.45) is 4.92. The topological polar surface area (TPSA) is 81.8 Å². The lowest BCUT2D eigenvalue weighted by Crippen LogP contribution is -2.06. The van der Waals surface area contributed by atoms with Crippen LogP contribution in [0.15, 0.2) is 29.5 Å². The van der Waals surface area contributed by atoms with E-state index in [1.165, 1.54) is 0 Å². The first-order valence-electron chi connectivity index (χ1n) is 4.88. The molecule has 0 saturated carbocycles. The molecular formula is C11H9N3O2. The van der Waals surface area contributed by atoms with Gasteiger partial charge in [0.15, 0.2) is 0 Å². The van der Waals surface area contributed by atoms with Gasteiger partial charge in [-0.05, 0) is 6.07 Å². The van der Waals surface area contributed by atoms with Gasteiger partial charge in [-0.25, -0.2) is 4.98 Å². The Kier molecular flexibility index (Phi) is 1.81. The van der Waals surface area contributed by atoms with Gasteiger partial charge in [0.25, 0.3) is 5.56 Å². The molecule has 0 fully saturated rings. The number of H-pyrrole nitrogens is 2. The van der Waals surface area contributed by atoms with E-state index in [2.05, 4.69) is 15.0 Å². The molecule has 3 N–H and O–H groups in total. The molecule has 0 bridgehead atoms. The van der Waals surface area contributed by atoms with Gasteiger partial charge in [0.2, 0.25) is 0 Å². The van der Waals surface area contributed by atoms with Crippen LogP contribution in [0.25, 0.3) is 21.8 Å². The number of hydrogen-bond donors (Lipinski definition) is 3. The third-order valence-electron chi connectivity index (χ3n) is 2.69. The van der Waals surface area contributed by atoms with Gasteiger partial charge in [-0.3, -0.25) is 4.79 Å². The van der Waals surface area contributed by atoms with Gasteiger partial charge in [-0.15, -0.1) is 0 Å². The van der Waals surface area contributed by atoms with E-state index >= 15 is 0 Å². The molecule has 0 unspecified atom stereocenters. The third kappa shape index (κ3) is 1.09. The summed E-state index contributed by atoms with van der Waals surface area (Å²) < 4.78 is 0. The smallest absolute Gasteiger partial charge is 0.274 e. The first kappa shape index (κ1) is 9.11. The highest BCUT2D eigenvalue weighted by Gasteiger charge is 2.09. The molecule has 3 aromatic heterocycles. The first-order valence-corrected chi connectivity index (χ1v) is 4.88. The Morgan fingerprint density at radius 3 is 3.06 bits per heavy atom. The molecule has 5 nitrogen and oxygen atoms in total. The summed E-state index contributed by atoms with van der Waals surface area (Å²) in [5.74, 6) is 0. The van der Waals surface area contributed by atoms with Gasteiger partial charge in [-0.1, -0.05) is 0 Å². The van der Waals surface area contributed by atoms with Crippen LogP contribution in [-0.2, 0) is 6.61 Å². The Bertz CT molecular complexity index is 727. The molecule has 3 heterocycles. The number of fused-ring (bicyclic) bond motifs is 3. The Morgan fingerprint density at radius 2 is 2.25 bits per heavy atom. The van der Waals surface area contributed by atoms with E-state index in [-0.39, 0.29) is 12.2 Å². The molecular weight excluding hydrogens is 206 g/mol. The Balaban J connectivity index is 2.62. The second-order valence-electron chi connectivity index (χ2n) is 3.59. The number of aliphatic hydroxyl groups excluding tert-OH is 1. The summed E-state index contributed by atoms with van der Waals surface area (Å²) in [4.78, 5) is 21.2. The van der Waals surface area contributed by atoms with Gasteiger partial charge in [0, 0.05) is 28.7 Å². The van der Waals surface area contributed by atoms with Gasteiger partial charge < -0.3 is 15.1 Å². The average molecular weight is 215 g/mol. The van der Waals surface area contributed by atoms with Crippen LogP contribution >= 0.6 is 0 Å². The van der Waals surface area contributed by atoms with Crippen LogP contribution in [0.2, 0.25) is 0 Å². The van der Waals surface area contributed by atoms with E-state index in [0.717, 1.165) is 21.9 Å². The van der Waals surface area contributed by atoms with Crippen molar-refractivity contribution in [3.05, 3.63) is 40.6 Å². The van der Waals surface area contributed by atoms with Crippen molar-refractivity contribution in [3.8, 4) is 0 Å². The Morgan fingerprint density at radius 1 is 1.38 bits per heavy atom. The number of aliphatic hydroxyl groups is 1. The summed E-state index contributed by atoms with van der Waals surface area (Å²) in [5, 5.41) is 10.8. The third-order valence-corrected chi connectivity index (χ3v) is 2.69. The fourth-order valence-corrected chi connectivity index (χ4v) is 1.96. The largest absolute Gasteiger partial charge is 0.392 e. The van der Waals surface area contributed by atoms with Crippen molar-refractivity contribution in [1.82, 2.24) is 15.0 Å². The summed E-state index contributed by atoms with van der Waals surface area (Å²) in [6, 6.07) is 1.79. The minimum Gasteiger partial charge on any atom is -0.392 e. The van der Waals surface area contributed by atoms with Crippen molar-refractivity contribution in [2.45, 2.75) is 6.61 Å². The fourth-order valence-electron chi connectivity index (χ4n) is 1.96. The maximum atomic E-state index is 11.6. The second kappa shape index (κ2) is 3.18. The maximum Gasteiger partial charge on any atom is 0.274 e. The zero-order chi connectivity index (χ0) is 11.1. The highest BCUT2D eigenvalue weighted by Crippen LogP contribution is 2.24. The van der Waals surface area contributed by atoms with Crippen LogP contribution in [-0.4, -0.2) is 20.1 Å². The quantitative estimate of drug-likeness (QED) is 0.564. The zero-order valence-corrected chi connectivity index (χ0v) is 8.32. The van der Waals surface area contributed by atoms with Crippen LogP contribution < -0.4 is 5.56 Å². The standard InChI is InChI=1S/C11H9N3O2/c15-5-6-3-13-8-4-14-10-7(9(6)8)1-2-12-11(10)16/h1-4,13,15H,5H2,(H,12,16). The summed E-state index contributed by atoms with van der Waals surface area (Å²) >= 11 is 0. The summed E-state index contributed by atoms with van der Waals surface area (Å²) in [7, 11) is 0. The molecule has 0 aromatic carbocycles. The lowest BCUT2D eigenvalue weighted by Gasteiger charge is -1.99. The summed E-state index contributed by atoms with van der Waals surface area (Å²) in [5.41, 5.74) is 1.77.